The van der Waals surface area contributed by atoms with Crippen molar-refractivity contribution in [3.8, 4) is 0 Å². The molecule has 19 heavy (non-hydrogen) atoms. The number of rotatable bonds is 3. The third kappa shape index (κ3) is 3.22. The van der Waals surface area contributed by atoms with Gasteiger partial charge in [-0.2, -0.15) is 0 Å². The summed E-state index contributed by atoms with van der Waals surface area (Å²) in [7, 11) is 1.44. The maximum Gasteiger partial charge on any atom is 0.307 e. The molecule has 2 heterocycles. The molecule has 0 aliphatic carbocycles. The predicted molar refractivity (Wildman–Crippen MR) is 73.1 cm³/mol. The van der Waals surface area contributed by atoms with Crippen LogP contribution in [0.3, 0.4) is 0 Å². The number of ether oxygens (including phenoxy) is 1. The van der Waals surface area contributed by atoms with Crippen molar-refractivity contribution >= 4 is 11.8 Å². The van der Waals surface area contributed by atoms with Gasteiger partial charge in [0.05, 0.1) is 31.1 Å². The van der Waals surface area contributed by atoms with Crippen LogP contribution in [-0.4, -0.2) is 35.6 Å². The van der Waals surface area contributed by atoms with Gasteiger partial charge in [0.15, 0.2) is 0 Å². The van der Waals surface area contributed by atoms with Crippen molar-refractivity contribution in [2.45, 2.75) is 45.6 Å². The van der Waals surface area contributed by atoms with Crippen LogP contribution in [0.25, 0.3) is 0 Å². The summed E-state index contributed by atoms with van der Waals surface area (Å²) in [5.41, 5.74) is 1.89. The molecular weight excluding hydrogens is 242 g/mol. The van der Waals surface area contributed by atoms with Gasteiger partial charge in [-0.05, 0) is 33.1 Å². The number of methoxy groups -OCH3 is 1. The molecule has 1 aromatic rings. The van der Waals surface area contributed by atoms with Crippen LogP contribution in [0, 0.1) is 13.8 Å². The summed E-state index contributed by atoms with van der Waals surface area (Å²) in [5, 5.41) is 0. The van der Waals surface area contributed by atoms with E-state index >= 15 is 0 Å². The Bertz CT molecular complexity index is 462. The SMILES string of the molecule is COC(=O)CC1CCCCN1c1cnc(C)c(C)n1. The zero-order valence-corrected chi connectivity index (χ0v) is 11.8. The predicted octanol–water partition coefficient (Wildman–Crippen LogP) is 2.02. The third-order valence-electron chi connectivity index (χ3n) is 3.73. The number of carbonyl (C=O) groups is 1. The minimum absolute atomic E-state index is 0.159. The Hall–Kier alpha value is -1.65. The zero-order chi connectivity index (χ0) is 13.8. The van der Waals surface area contributed by atoms with Gasteiger partial charge in [-0.15, -0.1) is 0 Å². The second-order valence-corrected chi connectivity index (χ2v) is 5.02. The molecule has 1 unspecified atom stereocenters. The Morgan fingerprint density at radius 2 is 2.21 bits per heavy atom. The van der Waals surface area contributed by atoms with Crippen LogP contribution in [0.5, 0.6) is 0 Å². The first-order valence-corrected chi connectivity index (χ1v) is 6.75. The lowest BCUT2D eigenvalue weighted by molar-refractivity contribution is -0.141. The van der Waals surface area contributed by atoms with Gasteiger partial charge >= 0.3 is 5.97 Å². The van der Waals surface area contributed by atoms with Crippen LogP contribution in [0.4, 0.5) is 5.82 Å². The largest absolute Gasteiger partial charge is 0.469 e. The third-order valence-corrected chi connectivity index (χ3v) is 3.73. The summed E-state index contributed by atoms with van der Waals surface area (Å²) in [4.78, 5) is 22.6. The Labute approximate surface area is 114 Å². The van der Waals surface area contributed by atoms with Gasteiger partial charge in [0.25, 0.3) is 0 Å². The number of esters is 1. The molecule has 1 fully saturated rings. The van der Waals surface area contributed by atoms with E-state index in [1.54, 1.807) is 6.20 Å². The molecule has 5 heteroatoms. The molecule has 1 aromatic heterocycles. The van der Waals surface area contributed by atoms with Crippen molar-refractivity contribution in [3.05, 3.63) is 17.6 Å². The zero-order valence-electron chi connectivity index (χ0n) is 11.8. The van der Waals surface area contributed by atoms with Crippen LogP contribution in [0.15, 0.2) is 6.20 Å². The molecule has 1 atom stereocenters. The van der Waals surface area contributed by atoms with Gasteiger partial charge in [-0.3, -0.25) is 9.78 Å². The lowest BCUT2D eigenvalue weighted by Crippen LogP contribution is -2.41. The Kier molecular flexibility index (Phi) is 4.35. The van der Waals surface area contributed by atoms with Crippen molar-refractivity contribution in [1.29, 1.82) is 0 Å². The number of aryl methyl sites for hydroxylation is 2. The molecule has 104 valence electrons. The Balaban J connectivity index is 2.18. The minimum atomic E-state index is -0.159. The normalized spacial score (nSPS) is 19.3. The summed E-state index contributed by atoms with van der Waals surface area (Å²) in [6.45, 7) is 4.85. The van der Waals surface area contributed by atoms with Gasteiger partial charge in [-0.1, -0.05) is 0 Å². The molecular formula is C14H21N3O2. The van der Waals surface area contributed by atoms with E-state index in [-0.39, 0.29) is 12.0 Å². The molecule has 0 amide bonds. The number of piperidine rings is 1. The highest BCUT2D eigenvalue weighted by Crippen LogP contribution is 2.25. The monoisotopic (exact) mass is 263 g/mol. The van der Waals surface area contributed by atoms with E-state index in [0.29, 0.717) is 6.42 Å². The van der Waals surface area contributed by atoms with Crippen LogP contribution >= 0.6 is 0 Å². The maximum atomic E-state index is 11.5. The molecule has 0 aromatic carbocycles. The summed E-state index contributed by atoms with van der Waals surface area (Å²) in [5.74, 6) is 0.713. The van der Waals surface area contributed by atoms with Crippen molar-refractivity contribution in [2.24, 2.45) is 0 Å². The lowest BCUT2D eigenvalue weighted by atomic mass is 9.99. The topological polar surface area (TPSA) is 55.3 Å². The number of hydrogen-bond donors (Lipinski definition) is 0. The molecule has 1 aliphatic rings. The Morgan fingerprint density at radius 3 is 2.89 bits per heavy atom. The number of aromatic nitrogens is 2. The van der Waals surface area contributed by atoms with Crippen LogP contribution in [0.1, 0.15) is 37.1 Å². The summed E-state index contributed by atoms with van der Waals surface area (Å²) < 4.78 is 4.78. The molecule has 0 bridgehead atoms. The standard InChI is InChI=1S/C14H21N3O2/c1-10-11(2)16-13(9-15-10)17-7-5-4-6-12(17)8-14(18)19-3/h9,12H,4-8H2,1-3H3. The molecule has 0 N–H and O–H groups in total. The van der Waals surface area contributed by atoms with Gasteiger partial charge in [0, 0.05) is 12.6 Å². The molecule has 1 saturated heterocycles. The number of anilines is 1. The molecule has 2 rings (SSSR count). The van der Waals surface area contributed by atoms with Gasteiger partial charge in [0.2, 0.25) is 0 Å². The van der Waals surface area contributed by atoms with Crippen LogP contribution in [0.2, 0.25) is 0 Å². The highest BCUT2D eigenvalue weighted by Gasteiger charge is 2.26. The van der Waals surface area contributed by atoms with Crippen molar-refractivity contribution in [3.63, 3.8) is 0 Å². The average molecular weight is 263 g/mol. The van der Waals surface area contributed by atoms with Gasteiger partial charge in [0.1, 0.15) is 5.82 Å². The van der Waals surface area contributed by atoms with E-state index in [0.717, 1.165) is 43.0 Å². The molecule has 0 radical (unpaired) electrons. The first-order chi connectivity index (χ1) is 9.11. The van der Waals surface area contributed by atoms with Crippen molar-refractivity contribution in [2.75, 3.05) is 18.6 Å². The fraction of sp³-hybridized carbons (Fsp3) is 0.643. The van der Waals surface area contributed by atoms with Crippen LogP contribution < -0.4 is 4.90 Å². The van der Waals surface area contributed by atoms with E-state index < -0.39 is 0 Å². The number of hydrogen-bond acceptors (Lipinski definition) is 5. The van der Waals surface area contributed by atoms with Crippen molar-refractivity contribution in [1.82, 2.24) is 9.97 Å². The highest BCUT2D eigenvalue weighted by molar-refractivity contribution is 5.70. The fourth-order valence-corrected chi connectivity index (χ4v) is 2.46. The highest BCUT2D eigenvalue weighted by atomic mass is 16.5. The second-order valence-electron chi connectivity index (χ2n) is 5.02. The minimum Gasteiger partial charge on any atom is -0.469 e. The fourth-order valence-electron chi connectivity index (χ4n) is 2.46. The van der Waals surface area contributed by atoms with Crippen molar-refractivity contribution < 1.29 is 9.53 Å². The van der Waals surface area contributed by atoms with Gasteiger partial charge < -0.3 is 9.64 Å². The maximum absolute atomic E-state index is 11.5. The van der Waals surface area contributed by atoms with E-state index in [1.165, 1.54) is 7.11 Å². The second kappa shape index (κ2) is 5.99. The number of nitrogens with zero attached hydrogens (tertiary/aromatic N) is 3. The first-order valence-electron chi connectivity index (χ1n) is 6.75. The first kappa shape index (κ1) is 13.8. The molecule has 5 nitrogen and oxygen atoms in total. The smallest absolute Gasteiger partial charge is 0.307 e. The molecule has 0 spiro atoms. The lowest BCUT2D eigenvalue weighted by Gasteiger charge is -2.36. The van der Waals surface area contributed by atoms with E-state index in [9.17, 15) is 4.79 Å². The van der Waals surface area contributed by atoms with E-state index in [2.05, 4.69) is 14.9 Å². The van der Waals surface area contributed by atoms with Crippen LogP contribution in [-0.2, 0) is 9.53 Å². The van der Waals surface area contributed by atoms with E-state index in [1.807, 2.05) is 13.8 Å². The summed E-state index contributed by atoms with van der Waals surface area (Å²) in [6, 6.07) is 0.178. The van der Waals surface area contributed by atoms with Gasteiger partial charge in [-0.25, -0.2) is 4.98 Å². The average Bonchev–Trinajstić information content (AvgIpc) is 2.42. The molecule has 0 saturated carbocycles. The number of carbonyl (C=O) groups excluding carboxylic acids is 1. The summed E-state index contributed by atoms with van der Waals surface area (Å²) >= 11 is 0. The summed E-state index contributed by atoms with van der Waals surface area (Å²) in [6.07, 6.45) is 5.51. The van der Waals surface area contributed by atoms with E-state index in [4.69, 9.17) is 4.74 Å². The quantitative estimate of drug-likeness (QED) is 0.781. The molecule has 1 aliphatic heterocycles. The Morgan fingerprint density at radius 1 is 1.42 bits per heavy atom.